The van der Waals surface area contributed by atoms with Gasteiger partial charge in [-0.2, -0.15) is 0 Å². The molecule has 0 radical (unpaired) electrons. The predicted octanol–water partition coefficient (Wildman–Crippen LogP) is 2.64. The summed E-state index contributed by atoms with van der Waals surface area (Å²) in [6.07, 6.45) is 5.87. The van der Waals surface area contributed by atoms with Crippen molar-refractivity contribution in [3.05, 3.63) is 42.7 Å². The zero-order valence-corrected chi connectivity index (χ0v) is 13.7. The van der Waals surface area contributed by atoms with Crippen molar-refractivity contribution < 1.29 is 4.79 Å². The van der Waals surface area contributed by atoms with Crippen LogP contribution >= 0.6 is 0 Å². The summed E-state index contributed by atoms with van der Waals surface area (Å²) in [5.74, 6) is 1.18. The van der Waals surface area contributed by atoms with Crippen LogP contribution in [-0.4, -0.2) is 35.0 Å². The summed E-state index contributed by atoms with van der Waals surface area (Å²) in [4.78, 5) is 23.4. The molecule has 0 bridgehead atoms. The lowest BCUT2D eigenvalue weighted by molar-refractivity contribution is -0.125. The highest BCUT2D eigenvalue weighted by molar-refractivity contribution is 5.80. The smallest absolute Gasteiger partial charge is 0.225 e. The van der Waals surface area contributed by atoms with Gasteiger partial charge in [-0.25, -0.2) is 9.97 Å². The normalized spacial score (nSPS) is 20.7. The van der Waals surface area contributed by atoms with Crippen LogP contribution in [0.4, 0.5) is 5.82 Å². The van der Waals surface area contributed by atoms with Crippen LogP contribution in [0.15, 0.2) is 42.7 Å². The molecule has 1 amide bonds. The fourth-order valence-corrected chi connectivity index (χ4v) is 3.23. The molecule has 2 fully saturated rings. The molecule has 1 N–H and O–H groups in total. The number of carbonyl (C=O) groups is 1. The maximum Gasteiger partial charge on any atom is 0.225 e. The van der Waals surface area contributed by atoms with E-state index in [1.54, 1.807) is 6.33 Å². The molecule has 4 rings (SSSR count). The van der Waals surface area contributed by atoms with Crippen molar-refractivity contribution in [3.8, 4) is 11.3 Å². The SMILES string of the molecule is O=C(NC1CC1)C1CCCN(c2cc(-c3ccccc3)ncn2)C1. The number of rotatable bonds is 4. The first-order valence-corrected chi connectivity index (χ1v) is 8.72. The second-order valence-corrected chi connectivity index (χ2v) is 6.70. The number of hydrogen-bond donors (Lipinski definition) is 1. The van der Waals surface area contributed by atoms with Crippen LogP contribution in [0.2, 0.25) is 0 Å². The van der Waals surface area contributed by atoms with Crippen molar-refractivity contribution in [2.75, 3.05) is 18.0 Å². The molecule has 5 nitrogen and oxygen atoms in total. The number of nitrogens with zero attached hydrogens (tertiary/aromatic N) is 3. The van der Waals surface area contributed by atoms with E-state index in [2.05, 4.69) is 20.2 Å². The Morgan fingerprint density at radius 3 is 2.75 bits per heavy atom. The van der Waals surface area contributed by atoms with E-state index in [4.69, 9.17) is 0 Å². The number of piperidine rings is 1. The third-order valence-corrected chi connectivity index (χ3v) is 4.76. The van der Waals surface area contributed by atoms with Gasteiger partial charge in [-0.15, -0.1) is 0 Å². The summed E-state index contributed by atoms with van der Waals surface area (Å²) in [5.41, 5.74) is 2.01. The lowest BCUT2D eigenvalue weighted by Gasteiger charge is -2.33. The van der Waals surface area contributed by atoms with Gasteiger partial charge >= 0.3 is 0 Å². The van der Waals surface area contributed by atoms with Gasteiger partial charge in [0.05, 0.1) is 11.6 Å². The Hall–Kier alpha value is -2.43. The minimum Gasteiger partial charge on any atom is -0.356 e. The summed E-state index contributed by atoms with van der Waals surface area (Å²) < 4.78 is 0. The first kappa shape index (κ1) is 15.1. The van der Waals surface area contributed by atoms with Crippen molar-refractivity contribution in [3.63, 3.8) is 0 Å². The zero-order chi connectivity index (χ0) is 16.4. The summed E-state index contributed by atoms with van der Waals surface area (Å²) in [6.45, 7) is 1.68. The molecule has 1 aromatic carbocycles. The lowest BCUT2D eigenvalue weighted by atomic mass is 9.97. The molecule has 2 heterocycles. The monoisotopic (exact) mass is 322 g/mol. The van der Waals surface area contributed by atoms with Gasteiger partial charge in [0.15, 0.2) is 0 Å². The van der Waals surface area contributed by atoms with Crippen molar-refractivity contribution in [1.82, 2.24) is 15.3 Å². The Morgan fingerprint density at radius 2 is 1.96 bits per heavy atom. The topological polar surface area (TPSA) is 58.1 Å². The molecule has 1 unspecified atom stereocenters. The molecule has 0 spiro atoms. The third kappa shape index (κ3) is 3.40. The lowest BCUT2D eigenvalue weighted by Crippen LogP contribution is -2.44. The molecule has 124 valence electrons. The Morgan fingerprint density at radius 1 is 1.12 bits per heavy atom. The van der Waals surface area contributed by atoms with E-state index in [9.17, 15) is 4.79 Å². The minimum atomic E-state index is 0.0643. The van der Waals surface area contributed by atoms with Crippen LogP contribution in [0.1, 0.15) is 25.7 Å². The number of benzene rings is 1. The maximum absolute atomic E-state index is 12.3. The van der Waals surface area contributed by atoms with Crippen LogP contribution in [0, 0.1) is 5.92 Å². The van der Waals surface area contributed by atoms with Gasteiger partial charge in [0.2, 0.25) is 5.91 Å². The van der Waals surface area contributed by atoms with E-state index in [1.165, 1.54) is 0 Å². The van der Waals surface area contributed by atoms with Gasteiger partial charge in [0, 0.05) is 30.8 Å². The second kappa shape index (κ2) is 6.59. The van der Waals surface area contributed by atoms with Crippen LogP contribution in [-0.2, 0) is 4.79 Å². The van der Waals surface area contributed by atoms with Gasteiger partial charge in [0.1, 0.15) is 12.1 Å². The summed E-state index contributed by atoms with van der Waals surface area (Å²) in [6, 6.07) is 12.6. The second-order valence-electron chi connectivity index (χ2n) is 6.70. The number of aromatic nitrogens is 2. The van der Waals surface area contributed by atoms with Gasteiger partial charge < -0.3 is 10.2 Å². The molecule has 1 atom stereocenters. The Bertz CT molecular complexity index is 714. The van der Waals surface area contributed by atoms with Gasteiger partial charge in [-0.1, -0.05) is 30.3 Å². The summed E-state index contributed by atoms with van der Waals surface area (Å²) >= 11 is 0. The van der Waals surface area contributed by atoms with Crippen molar-refractivity contribution >= 4 is 11.7 Å². The fourth-order valence-electron chi connectivity index (χ4n) is 3.23. The molecular weight excluding hydrogens is 300 g/mol. The third-order valence-electron chi connectivity index (χ3n) is 4.76. The number of nitrogens with one attached hydrogen (secondary N) is 1. The largest absolute Gasteiger partial charge is 0.356 e. The standard InChI is InChI=1S/C19H22N4O/c24-19(22-16-8-9-16)15-7-4-10-23(12-15)18-11-17(20-13-21-18)14-5-2-1-3-6-14/h1-3,5-6,11,13,15-16H,4,7-10,12H2,(H,22,24). The Kier molecular flexibility index (Phi) is 4.15. The zero-order valence-electron chi connectivity index (χ0n) is 13.7. The van der Waals surface area contributed by atoms with E-state index >= 15 is 0 Å². The first-order chi connectivity index (χ1) is 11.8. The molecule has 1 aliphatic heterocycles. The highest BCUT2D eigenvalue weighted by atomic mass is 16.2. The number of anilines is 1. The van der Waals surface area contributed by atoms with Crippen molar-refractivity contribution in [2.45, 2.75) is 31.7 Å². The van der Waals surface area contributed by atoms with Crippen LogP contribution in [0.5, 0.6) is 0 Å². The fraction of sp³-hybridized carbons (Fsp3) is 0.421. The predicted molar refractivity (Wildman–Crippen MR) is 93.6 cm³/mol. The Labute approximate surface area is 142 Å². The molecule has 2 aliphatic rings. The van der Waals surface area contributed by atoms with Gasteiger partial charge in [-0.3, -0.25) is 4.79 Å². The van der Waals surface area contributed by atoms with E-state index in [0.29, 0.717) is 6.04 Å². The van der Waals surface area contributed by atoms with E-state index < -0.39 is 0 Å². The summed E-state index contributed by atoms with van der Waals surface area (Å²) in [5, 5.41) is 3.13. The molecular formula is C19H22N4O. The van der Waals surface area contributed by atoms with Crippen LogP contribution in [0.3, 0.4) is 0 Å². The minimum absolute atomic E-state index is 0.0643. The molecule has 1 aliphatic carbocycles. The van der Waals surface area contributed by atoms with Crippen molar-refractivity contribution in [2.24, 2.45) is 5.92 Å². The Balaban J connectivity index is 1.49. The summed E-state index contributed by atoms with van der Waals surface area (Å²) in [7, 11) is 0. The van der Waals surface area contributed by atoms with Gasteiger partial charge in [0.25, 0.3) is 0 Å². The highest BCUT2D eigenvalue weighted by Crippen LogP contribution is 2.26. The number of carbonyl (C=O) groups excluding carboxylic acids is 1. The molecule has 5 heteroatoms. The van der Waals surface area contributed by atoms with Gasteiger partial charge in [-0.05, 0) is 25.7 Å². The average Bonchev–Trinajstić information content (AvgIpc) is 3.47. The van der Waals surface area contributed by atoms with E-state index in [-0.39, 0.29) is 11.8 Å². The quantitative estimate of drug-likeness (QED) is 0.940. The molecule has 1 aromatic heterocycles. The number of amides is 1. The first-order valence-electron chi connectivity index (χ1n) is 8.72. The highest BCUT2D eigenvalue weighted by Gasteiger charge is 2.30. The molecule has 1 saturated heterocycles. The molecule has 1 saturated carbocycles. The average molecular weight is 322 g/mol. The maximum atomic E-state index is 12.3. The van der Waals surface area contributed by atoms with Crippen LogP contribution < -0.4 is 10.2 Å². The van der Waals surface area contributed by atoms with E-state index in [0.717, 1.165) is 55.8 Å². The van der Waals surface area contributed by atoms with Crippen LogP contribution in [0.25, 0.3) is 11.3 Å². The number of hydrogen-bond acceptors (Lipinski definition) is 4. The van der Waals surface area contributed by atoms with E-state index in [1.807, 2.05) is 36.4 Å². The molecule has 24 heavy (non-hydrogen) atoms. The molecule has 2 aromatic rings. The van der Waals surface area contributed by atoms with Crippen molar-refractivity contribution in [1.29, 1.82) is 0 Å².